The molecule has 2 aromatic heterocycles. The summed E-state index contributed by atoms with van der Waals surface area (Å²) in [6.45, 7) is 3.64. The van der Waals surface area contributed by atoms with Crippen molar-refractivity contribution in [2.75, 3.05) is 26.9 Å². The van der Waals surface area contributed by atoms with Crippen LogP contribution in [-0.2, 0) is 17.8 Å². The minimum absolute atomic E-state index is 0.601. The Balaban J connectivity index is 1.68. The number of ether oxygens (including phenoxy) is 2. The molecule has 0 radical (unpaired) electrons. The molecule has 0 aliphatic rings. The molecule has 6 heteroatoms. The molecule has 1 N–H and O–H groups in total. The van der Waals surface area contributed by atoms with Crippen LogP contribution in [0.2, 0.25) is 0 Å². The first-order chi connectivity index (χ1) is 9.88. The van der Waals surface area contributed by atoms with E-state index in [4.69, 9.17) is 9.47 Å². The van der Waals surface area contributed by atoms with E-state index in [1.165, 1.54) is 0 Å². The second kappa shape index (κ2) is 8.29. The predicted molar refractivity (Wildman–Crippen MR) is 75.5 cm³/mol. The van der Waals surface area contributed by atoms with E-state index < -0.39 is 0 Å². The number of aromatic nitrogens is 3. The summed E-state index contributed by atoms with van der Waals surface area (Å²) in [5.74, 6) is 0.783. The quantitative estimate of drug-likeness (QED) is 0.695. The van der Waals surface area contributed by atoms with Crippen molar-refractivity contribution in [3.05, 3.63) is 42.7 Å². The molecule has 2 rings (SSSR count). The molecule has 0 spiro atoms. The van der Waals surface area contributed by atoms with Crippen molar-refractivity contribution >= 4 is 0 Å². The van der Waals surface area contributed by atoms with Gasteiger partial charge in [-0.1, -0.05) is 0 Å². The fourth-order valence-corrected chi connectivity index (χ4v) is 1.68. The van der Waals surface area contributed by atoms with E-state index in [2.05, 4.69) is 15.3 Å². The maximum absolute atomic E-state index is 5.63. The summed E-state index contributed by atoms with van der Waals surface area (Å²) in [6, 6.07) is 3.90. The van der Waals surface area contributed by atoms with Crippen molar-refractivity contribution in [1.82, 2.24) is 19.9 Å². The van der Waals surface area contributed by atoms with Gasteiger partial charge in [0.05, 0.1) is 31.4 Å². The molecule has 108 valence electrons. The molecule has 0 bridgehead atoms. The van der Waals surface area contributed by atoms with Gasteiger partial charge in [0.1, 0.15) is 12.4 Å². The lowest BCUT2D eigenvalue weighted by atomic mass is 10.3. The molecule has 2 aromatic rings. The van der Waals surface area contributed by atoms with Crippen LogP contribution in [0.1, 0.15) is 5.69 Å². The third-order valence-corrected chi connectivity index (χ3v) is 2.76. The first-order valence-corrected chi connectivity index (χ1v) is 6.61. The Labute approximate surface area is 118 Å². The Hall–Kier alpha value is -1.92. The van der Waals surface area contributed by atoms with Crippen LogP contribution >= 0.6 is 0 Å². The molecule has 0 aliphatic carbocycles. The number of rotatable bonds is 9. The number of hydrogen-bond acceptors (Lipinski definition) is 5. The average Bonchev–Trinajstić information content (AvgIpc) is 2.98. The third-order valence-electron chi connectivity index (χ3n) is 2.76. The van der Waals surface area contributed by atoms with Gasteiger partial charge in [-0.2, -0.15) is 0 Å². The highest BCUT2D eigenvalue weighted by molar-refractivity contribution is 5.19. The molecular weight excluding hydrogens is 256 g/mol. The van der Waals surface area contributed by atoms with E-state index in [9.17, 15) is 0 Å². The smallest absolute Gasteiger partial charge is 0.137 e. The van der Waals surface area contributed by atoms with Crippen LogP contribution in [-0.4, -0.2) is 41.4 Å². The molecule has 20 heavy (non-hydrogen) atoms. The molecule has 2 heterocycles. The molecule has 0 aromatic carbocycles. The molecule has 6 nitrogen and oxygen atoms in total. The molecular formula is C14H20N4O2. The van der Waals surface area contributed by atoms with E-state index in [-0.39, 0.29) is 0 Å². The summed E-state index contributed by atoms with van der Waals surface area (Å²) < 4.78 is 12.6. The highest BCUT2D eigenvalue weighted by atomic mass is 16.5. The van der Waals surface area contributed by atoms with Crippen molar-refractivity contribution in [2.24, 2.45) is 0 Å². The Morgan fingerprint density at radius 2 is 2.25 bits per heavy atom. The molecule has 0 fully saturated rings. The van der Waals surface area contributed by atoms with E-state index in [1.54, 1.807) is 25.8 Å². The first kappa shape index (κ1) is 14.5. The summed E-state index contributed by atoms with van der Waals surface area (Å²) in [5, 5.41) is 3.25. The van der Waals surface area contributed by atoms with Gasteiger partial charge in [0.15, 0.2) is 0 Å². The average molecular weight is 276 g/mol. The molecule has 0 saturated carbocycles. The minimum Gasteiger partial charge on any atom is -0.490 e. The van der Waals surface area contributed by atoms with Crippen LogP contribution in [0.3, 0.4) is 0 Å². The van der Waals surface area contributed by atoms with Gasteiger partial charge >= 0.3 is 0 Å². The van der Waals surface area contributed by atoms with Crippen molar-refractivity contribution in [3.8, 4) is 5.75 Å². The second-order valence-electron chi connectivity index (χ2n) is 4.30. The van der Waals surface area contributed by atoms with Gasteiger partial charge in [0.2, 0.25) is 0 Å². The number of pyridine rings is 1. The zero-order chi connectivity index (χ0) is 14.0. The number of imidazole rings is 1. The Kier molecular flexibility index (Phi) is 6.01. The molecule has 0 unspecified atom stereocenters. The molecule has 0 aliphatic heterocycles. The van der Waals surface area contributed by atoms with E-state index in [0.29, 0.717) is 13.2 Å². The van der Waals surface area contributed by atoms with E-state index in [1.807, 2.05) is 22.9 Å². The first-order valence-electron chi connectivity index (χ1n) is 6.61. The van der Waals surface area contributed by atoms with Gasteiger partial charge < -0.3 is 19.4 Å². The van der Waals surface area contributed by atoms with Crippen LogP contribution in [0.15, 0.2) is 37.1 Å². The largest absolute Gasteiger partial charge is 0.490 e. The maximum atomic E-state index is 5.63. The van der Waals surface area contributed by atoms with Gasteiger partial charge in [-0.15, -0.1) is 0 Å². The summed E-state index contributed by atoms with van der Waals surface area (Å²) in [4.78, 5) is 8.32. The maximum Gasteiger partial charge on any atom is 0.137 e. The highest BCUT2D eigenvalue weighted by Crippen LogP contribution is 2.09. The van der Waals surface area contributed by atoms with Gasteiger partial charge in [-0.25, -0.2) is 4.98 Å². The SMILES string of the molecule is COCCNCc1ccc(OCCn2ccnc2)cn1. The van der Waals surface area contributed by atoms with E-state index in [0.717, 1.165) is 31.1 Å². The third kappa shape index (κ3) is 4.99. The van der Waals surface area contributed by atoms with Crippen LogP contribution in [0, 0.1) is 0 Å². The van der Waals surface area contributed by atoms with E-state index >= 15 is 0 Å². The van der Waals surface area contributed by atoms with Crippen LogP contribution in [0.4, 0.5) is 0 Å². The van der Waals surface area contributed by atoms with Gasteiger partial charge in [0.25, 0.3) is 0 Å². The normalized spacial score (nSPS) is 10.7. The van der Waals surface area contributed by atoms with Crippen molar-refractivity contribution in [2.45, 2.75) is 13.1 Å². The lowest BCUT2D eigenvalue weighted by molar-refractivity contribution is 0.199. The fraction of sp³-hybridized carbons (Fsp3) is 0.429. The molecule has 0 atom stereocenters. The van der Waals surface area contributed by atoms with Crippen molar-refractivity contribution in [1.29, 1.82) is 0 Å². The zero-order valence-corrected chi connectivity index (χ0v) is 11.7. The predicted octanol–water partition coefficient (Wildman–Crippen LogP) is 1.09. The van der Waals surface area contributed by atoms with Gasteiger partial charge in [0, 0.05) is 32.6 Å². The lowest BCUT2D eigenvalue weighted by Gasteiger charge is -2.07. The Morgan fingerprint density at radius 1 is 1.30 bits per heavy atom. The Bertz CT molecular complexity index is 470. The number of methoxy groups -OCH3 is 1. The lowest BCUT2D eigenvalue weighted by Crippen LogP contribution is -2.19. The summed E-state index contributed by atoms with van der Waals surface area (Å²) >= 11 is 0. The van der Waals surface area contributed by atoms with Crippen molar-refractivity contribution < 1.29 is 9.47 Å². The van der Waals surface area contributed by atoms with Gasteiger partial charge in [-0.05, 0) is 12.1 Å². The summed E-state index contributed by atoms with van der Waals surface area (Å²) in [5.41, 5.74) is 0.989. The summed E-state index contributed by atoms with van der Waals surface area (Å²) in [7, 11) is 1.69. The topological polar surface area (TPSA) is 61.2 Å². The number of nitrogens with one attached hydrogen (secondary N) is 1. The molecule has 0 amide bonds. The second-order valence-corrected chi connectivity index (χ2v) is 4.30. The van der Waals surface area contributed by atoms with Gasteiger partial charge in [-0.3, -0.25) is 4.98 Å². The zero-order valence-electron chi connectivity index (χ0n) is 11.7. The Morgan fingerprint density at radius 3 is 2.95 bits per heavy atom. The standard InChI is InChI=1S/C14H20N4O2/c1-19-8-5-15-10-13-2-3-14(11-17-13)20-9-7-18-6-4-16-12-18/h2-4,6,11-12,15H,5,7-10H2,1H3. The molecule has 0 saturated heterocycles. The number of hydrogen-bond donors (Lipinski definition) is 1. The highest BCUT2D eigenvalue weighted by Gasteiger charge is 1.98. The van der Waals surface area contributed by atoms with Crippen LogP contribution in [0.25, 0.3) is 0 Å². The van der Waals surface area contributed by atoms with Crippen LogP contribution < -0.4 is 10.1 Å². The van der Waals surface area contributed by atoms with Crippen molar-refractivity contribution in [3.63, 3.8) is 0 Å². The van der Waals surface area contributed by atoms with Crippen LogP contribution in [0.5, 0.6) is 5.75 Å². The minimum atomic E-state index is 0.601. The summed E-state index contributed by atoms with van der Waals surface area (Å²) in [6.07, 6.45) is 7.20. The fourth-order valence-electron chi connectivity index (χ4n) is 1.68. The monoisotopic (exact) mass is 276 g/mol. The number of nitrogens with zero attached hydrogens (tertiary/aromatic N) is 3.